The smallest absolute Gasteiger partial charge is 0.208 e. The maximum Gasteiger partial charge on any atom is 0.208 e. The minimum absolute atomic E-state index is 0.408. The molecule has 0 radical (unpaired) electrons. The van der Waals surface area contributed by atoms with Gasteiger partial charge in [-0.3, -0.25) is 4.98 Å². The first-order chi connectivity index (χ1) is 10.4. The number of rotatable bonds is 7. The molecule has 0 aromatic carbocycles. The van der Waals surface area contributed by atoms with Crippen molar-refractivity contribution in [3.63, 3.8) is 0 Å². The number of pyridine rings is 1. The van der Waals surface area contributed by atoms with Crippen molar-refractivity contribution in [1.82, 2.24) is 19.7 Å². The van der Waals surface area contributed by atoms with Crippen molar-refractivity contribution >= 4 is 35.8 Å². The van der Waals surface area contributed by atoms with Gasteiger partial charge in [-0.25, -0.2) is 4.68 Å². The van der Waals surface area contributed by atoms with Crippen LogP contribution in [0.5, 0.6) is 0 Å². The van der Waals surface area contributed by atoms with Crippen molar-refractivity contribution in [2.45, 2.75) is 37.6 Å². The van der Waals surface area contributed by atoms with Gasteiger partial charge < -0.3 is 4.74 Å². The zero-order valence-electron chi connectivity index (χ0n) is 13.3. The van der Waals surface area contributed by atoms with Crippen LogP contribution in [0.25, 0.3) is 11.5 Å². The van der Waals surface area contributed by atoms with Gasteiger partial charge in [-0.15, -0.1) is 5.10 Å². The molecule has 2 aromatic rings. The third-order valence-electron chi connectivity index (χ3n) is 3.00. The van der Waals surface area contributed by atoms with E-state index in [0.29, 0.717) is 6.73 Å². The molecule has 0 amide bonds. The minimum atomic E-state index is -1.07. The summed E-state index contributed by atoms with van der Waals surface area (Å²) in [6.45, 7) is 8.20. The molecule has 0 fully saturated rings. The van der Waals surface area contributed by atoms with Crippen molar-refractivity contribution in [2.24, 2.45) is 0 Å². The molecule has 2 aromatic heterocycles. The molecular weight excluding hydrogens is 380 g/mol. The van der Waals surface area contributed by atoms with Crippen LogP contribution in [0.1, 0.15) is 0 Å². The van der Waals surface area contributed by atoms with Crippen LogP contribution in [0.3, 0.4) is 0 Å². The molecule has 120 valence electrons. The van der Waals surface area contributed by atoms with Gasteiger partial charge in [-0.1, -0.05) is 31.4 Å². The van der Waals surface area contributed by atoms with Gasteiger partial charge in [-0.2, -0.15) is 4.98 Å². The molecular formula is C14H21BrN4OSSi. The van der Waals surface area contributed by atoms with Gasteiger partial charge in [-0.05, 0) is 40.4 Å². The molecule has 22 heavy (non-hydrogen) atoms. The van der Waals surface area contributed by atoms with Crippen molar-refractivity contribution in [3.8, 4) is 11.5 Å². The summed E-state index contributed by atoms with van der Waals surface area (Å²) in [7, 11) is -1.07. The van der Waals surface area contributed by atoms with Gasteiger partial charge >= 0.3 is 0 Å². The summed E-state index contributed by atoms with van der Waals surface area (Å²) >= 11 is 4.91. The van der Waals surface area contributed by atoms with E-state index in [2.05, 4.69) is 50.6 Å². The fourth-order valence-electron chi connectivity index (χ4n) is 1.72. The second kappa shape index (κ2) is 7.72. The molecule has 0 N–H and O–H groups in total. The maximum absolute atomic E-state index is 5.79. The fraction of sp³-hybridized carbons (Fsp3) is 0.500. The molecule has 0 saturated heterocycles. The highest BCUT2D eigenvalue weighted by atomic mass is 79.9. The van der Waals surface area contributed by atoms with Gasteiger partial charge in [0.1, 0.15) is 12.4 Å². The summed E-state index contributed by atoms with van der Waals surface area (Å²) in [4.78, 5) is 8.92. The molecule has 0 aliphatic carbocycles. The van der Waals surface area contributed by atoms with E-state index in [1.54, 1.807) is 10.9 Å². The van der Waals surface area contributed by atoms with E-state index in [1.165, 1.54) is 11.8 Å². The summed E-state index contributed by atoms with van der Waals surface area (Å²) in [6, 6.07) is 5.02. The zero-order valence-corrected chi connectivity index (χ0v) is 16.7. The molecule has 8 heteroatoms. The van der Waals surface area contributed by atoms with E-state index in [0.717, 1.165) is 33.8 Å². The first-order valence-corrected chi connectivity index (χ1v) is 12.8. The Morgan fingerprint density at radius 2 is 2.09 bits per heavy atom. The van der Waals surface area contributed by atoms with Crippen LogP contribution in [-0.4, -0.2) is 40.7 Å². The van der Waals surface area contributed by atoms with Gasteiger partial charge in [0.2, 0.25) is 5.16 Å². The summed E-state index contributed by atoms with van der Waals surface area (Å²) < 4.78 is 8.52. The van der Waals surface area contributed by atoms with E-state index < -0.39 is 8.07 Å². The first-order valence-electron chi connectivity index (χ1n) is 7.07. The number of halogens is 1. The highest BCUT2D eigenvalue weighted by molar-refractivity contribution is 9.10. The van der Waals surface area contributed by atoms with Gasteiger partial charge in [0.05, 0.1) is 0 Å². The normalized spacial score (nSPS) is 11.9. The molecule has 0 bridgehead atoms. The monoisotopic (exact) mass is 400 g/mol. The van der Waals surface area contributed by atoms with E-state index >= 15 is 0 Å². The van der Waals surface area contributed by atoms with Crippen LogP contribution in [0, 0.1) is 0 Å². The Morgan fingerprint density at radius 1 is 1.32 bits per heavy atom. The fourth-order valence-corrected chi connectivity index (χ4v) is 3.07. The Kier molecular flexibility index (Phi) is 6.19. The number of hydrogen-bond acceptors (Lipinski definition) is 5. The third kappa shape index (κ3) is 5.19. The van der Waals surface area contributed by atoms with Crippen LogP contribution in [0.15, 0.2) is 28.0 Å². The molecule has 0 aliphatic rings. The van der Waals surface area contributed by atoms with Crippen molar-refractivity contribution in [2.75, 3.05) is 12.9 Å². The Hall–Kier alpha value is -0.703. The zero-order chi connectivity index (χ0) is 16.2. The second-order valence-corrected chi connectivity index (χ2v) is 13.4. The molecule has 2 rings (SSSR count). The summed E-state index contributed by atoms with van der Waals surface area (Å²) in [5.41, 5.74) is 0.796. The Morgan fingerprint density at radius 3 is 2.68 bits per heavy atom. The van der Waals surface area contributed by atoms with Crippen LogP contribution in [0.4, 0.5) is 0 Å². The maximum atomic E-state index is 5.79. The van der Waals surface area contributed by atoms with Gasteiger partial charge in [0.25, 0.3) is 0 Å². The minimum Gasteiger partial charge on any atom is -0.359 e. The van der Waals surface area contributed by atoms with Gasteiger partial charge in [0.15, 0.2) is 5.82 Å². The van der Waals surface area contributed by atoms with E-state index in [-0.39, 0.29) is 0 Å². The van der Waals surface area contributed by atoms with Crippen molar-refractivity contribution in [1.29, 1.82) is 0 Å². The number of ether oxygens (including phenoxy) is 1. The quantitative estimate of drug-likeness (QED) is 0.397. The summed E-state index contributed by atoms with van der Waals surface area (Å²) in [6.07, 6.45) is 3.73. The van der Waals surface area contributed by atoms with Gasteiger partial charge in [0, 0.05) is 25.4 Å². The number of nitrogens with zero attached hydrogens (tertiary/aromatic N) is 4. The SMILES string of the molecule is CSc1nc(-c2ccc(Br)cn2)n(COCC[Si](C)(C)C)n1. The lowest BCUT2D eigenvalue weighted by Gasteiger charge is -2.15. The Labute approximate surface area is 145 Å². The second-order valence-electron chi connectivity index (χ2n) is 6.13. The Balaban J connectivity index is 2.10. The molecule has 0 spiro atoms. The number of hydrogen-bond donors (Lipinski definition) is 0. The molecule has 0 saturated carbocycles. The third-order valence-corrected chi connectivity index (χ3v) is 5.71. The van der Waals surface area contributed by atoms with Crippen molar-refractivity contribution in [3.05, 3.63) is 22.8 Å². The molecule has 0 atom stereocenters. The van der Waals surface area contributed by atoms with Crippen LogP contribution in [-0.2, 0) is 11.5 Å². The highest BCUT2D eigenvalue weighted by Crippen LogP contribution is 2.20. The van der Waals surface area contributed by atoms with E-state index in [1.807, 2.05) is 18.4 Å². The summed E-state index contributed by atoms with van der Waals surface area (Å²) in [5, 5.41) is 5.19. The molecule has 2 heterocycles. The number of thioether (sulfide) groups is 1. The first kappa shape index (κ1) is 17.6. The van der Waals surface area contributed by atoms with E-state index in [4.69, 9.17) is 4.74 Å². The average molecular weight is 401 g/mol. The predicted octanol–water partition coefficient (Wildman–Crippen LogP) is 4.14. The topological polar surface area (TPSA) is 52.8 Å². The number of aromatic nitrogens is 4. The van der Waals surface area contributed by atoms with Crippen LogP contribution < -0.4 is 0 Å². The van der Waals surface area contributed by atoms with Crippen LogP contribution >= 0.6 is 27.7 Å². The lowest BCUT2D eigenvalue weighted by Crippen LogP contribution is -2.22. The highest BCUT2D eigenvalue weighted by Gasteiger charge is 2.15. The predicted molar refractivity (Wildman–Crippen MR) is 96.8 cm³/mol. The molecule has 5 nitrogen and oxygen atoms in total. The standard InChI is InChI=1S/C14H21BrN4OSSi/c1-21-14-17-13(12-6-5-11(15)9-16-12)19(18-14)10-20-7-8-22(2,3)4/h5-6,9H,7-8,10H2,1-4H3. The Bertz CT molecular complexity index is 612. The lowest BCUT2D eigenvalue weighted by atomic mass is 10.3. The lowest BCUT2D eigenvalue weighted by molar-refractivity contribution is 0.0788. The molecule has 0 unspecified atom stereocenters. The van der Waals surface area contributed by atoms with Crippen LogP contribution in [0.2, 0.25) is 25.7 Å². The van der Waals surface area contributed by atoms with Crippen molar-refractivity contribution < 1.29 is 4.74 Å². The summed E-state index contributed by atoms with van der Waals surface area (Å²) in [5.74, 6) is 0.741. The average Bonchev–Trinajstić information content (AvgIpc) is 2.87. The largest absolute Gasteiger partial charge is 0.359 e. The van der Waals surface area contributed by atoms with E-state index in [9.17, 15) is 0 Å². The molecule has 0 aliphatic heterocycles.